The second-order valence-corrected chi connectivity index (χ2v) is 9.73. The maximum atomic E-state index is 11.7. The summed E-state index contributed by atoms with van der Waals surface area (Å²) < 4.78 is 23.4. The van der Waals surface area contributed by atoms with Gasteiger partial charge in [0, 0.05) is 43.2 Å². The van der Waals surface area contributed by atoms with Gasteiger partial charge in [0.2, 0.25) is 0 Å². The number of nitrogens with zero attached hydrogens (tertiary/aromatic N) is 4. The second kappa shape index (κ2) is 7.77. The average molecular weight is 412 g/mol. The Balaban J connectivity index is 1.69. The molecule has 2 aromatic heterocycles. The number of nitrogens with one attached hydrogen (secondary N) is 1. The van der Waals surface area contributed by atoms with Gasteiger partial charge in [0.15, 0.2) is 14.8 Å². The van der Waals surface area contributed by atoms with E-state index in [1.807, 2.05) is 13.0 Å². The van der Waals surface area contributed by atoms with E-state index in [0.29, 0.717) is 5.00 Å². The van der Waals surface area contributed by atoms with Gasteiger partial charge in [-0.15, -0.1) is 0 Å². The van der Waals surface area contributed by atoms with Crippen LogP contribution < -0.4 is 10.2 Å². The maximum Gasteiger partial charge on any atom is 0.304 e. The van der Waals surface area contributed by atoms with Gasteiger partial charge < -0.3 is 10.2 Å². The summed E-state index contributed by atoms with van der Waals surface area (Å²) in [5.74, 6) is 0.891. The summed E-state index contributed by atoms with van der Waals surface area (Å²) in [6, 6.07) is 3.15. The van der Waals surface area contributed by atoms with Crippen LogP contribution >= 0.6 is 11.3 Å². The summed E-state index contributed by atoms with van der Waals surface area (Å²) in [5, 5.41) is 14.7. The maximum absolute atomic E-state index is 11.7. The molecule has 1 aliphatic heterocycles. The van der Waals surface area contributed by atoms with Crippen LogP contribution in [0.25, 0.3) is 0 Å². The number of thiophene rings is 1. The molecule has 0 radical (unpaired) electrons. The van der Waals surface area contributed by atoms with Gasteiger partial charge in [-0.3, -0.25) is 10.1 Å². The predicted molar refractivity (Wildman–Crippen MR) is 104 cm³/mol. The van der Waals surface area contributed by atoms with E-state index in [4.69, 9.17) is 0 Å². The SMILES string of the molecule is CCc1cc(N2CCC(Nc3sc(S(C)(=O)=O)cc3[N+](=O)[O-])CC2)ncn1. The molecule has 0 aliphatic carbocycles. The van der Waals surface area contributed by atoms with E-state index >= 15 is 0 Å². The van der Waals surface area contributed by atoms with Crippen molar-refractivity contribution in [3.63, 3.8) is 0 Å². The van der Waals surface area contributed by atoms with E-state index in [-0.39, 0.29) is 15.9 Å². The summed E-state index contributed by atoms with van der Waals surface area (Å²) in [4.78, 5) is 21.4. The van der Waals surface area contributed by atoms with Crippen molar-refractivity contribution in [3.05, 3.63) is 34.3 Å². The summed E-state index contributed by atoms with van der Waals surface area (Å²) in [6.07, 6.45) is 5.01. The van der Waals surface area contributed by atoms with Crippen molar-refractivity contribution < 1.29 is 13.3 Å². The highest BCUT2D eigenvalue weighted by Crippen LogP contribution is 2.38. The highest BCUT2D eigenvalue weighted by Gasteiger charge is 2.27. The first-order valence-corrected chi connectivity index (χ1v) is 11.3. The molecule has 0 amide bonds. The highest BCUT2D eigenvalue weighted by molar-refractivity contribution is 7.92. The number of hydrogen-bond donors (Lipinski definition) is 1. The van der Waals surface area contributed by atoms with Crippen LogP contribution in [0.4, 0.5) is 16.5 Å². The van der Waals surface area contributed by atoms with Crippen molar-refractivity contribution in [1.82, 2.24) is 9.97 Å². The van der Waals surface area contributed by atoms with E-state index in [1.54, 1.807) is 6.33 Å². The molecule has 1 fully saturated rings. The fourth-order valence-electron chi connectivity index (χ4n) is 2.97. The quantitative estimate of drug-likeness (QED) is 0.569. The first-order valence-electron chi connectivity index (χ1n) is 8.58. The van der Waals surface area contributed by atoms with Crippen molar-refractivity contribution in [2.24, 2.45) is 0 Å². The Bertz CT molecular complexity index is 936. The molecule has 11 heteroatoms. The smallest absolute Gasteiger partial charge is 0.304 e. The van der Waals surface area contributed by atoms with Crippen molar-refractivity contribution in [1.29, 1.82) is 0 Å². The first kappa shape index (κ1) is 19.5. The zero-order valence-corrected chi connectivity index (χ0v) is 16.7. The van der Waals surface area contributed by atoms with Gasteiger partial charge in [-0.1, -0.05) is 18.3 Å². The minimum Gasteiger partial charge on any atom is -0.368 e. The largest absolute Gasteiger partial charge is 0.368 e. The molecular weight excluding hydrogens is 390 g/mol. The summed E-state index contributed by atoms with van der Waals surface area (Å²) in [6.45, 7) is 3.56. The van der Waals surface area contributed by atoms with Crippen LogP contribution in [0.2, 0.25) is 0 Å². The van der Waals surface area contributed by atoms with Gasteiger partial charge in [0.25, 0.3) is 0 Å². The van der Waals surface area contributed by atoms with Crippen LogP contribution in [-0.2, 0) is 16.3 Å². The van der Waals surface area contributed by atoms with Gasteiger partial charge in [0.1, 0.15) is 16.4 Å². The number of anilines is 2. The number of aryl methyl sites for hydroxylation is 1. The number of aromatic nitrogens is 2. The van der Waals surface area contributed by atoms with Gasteiger partial charge >= 0.3 is 5.69 Å². The molecule has 1 N–H and O–H groups in total. The fourth-order valence-corrected chi connectivity index (χ4v) is 4.99. The first-order chi connectivity index (χ1) is 12.8. The van der Waals surface area contributed by atoms with Gasteiger partial charge in [-0.05, 0) is 19.3 Å². The lowest BCUT2D eigenvalue weighted by atomic mass is 10.1. The molecule has 0 unspecified atom stereocenters. The Morgan fingerprint density at radius 2 is 2.04 bits per heavy atom. The van der Waals surface area contributed by atoms with E-state index < -0.39 is 14.8 Å². The minimum atomic E-state index is -3.48. The number of rotatable bonds is 6. The van der Waals surface area contributed by atoms with E-state index in [9.17, 15) is 18.5 Å². The summed E-state index contributed by atoms with van der Waals surface area (Å²) >= 11 is 0.916. The predicted octanol–water partition coefficient (Wildman–Crippen LogP) is 2.49. The number of sulfone groups is 1. The average Bonchev–Trinajstić information content (AvgIpc) is 3.07. The van der Waals surface area contributed by atoms with E-state index in [0.717, 1.165) is 67.5 Å². The normalized spacial score (nSPS) is 15.7. The number of nitro groups is 1. The number of piperidine rings is 1. The Labute approximate surface area is 161 Å². The molecule has 0 spiro atoms. The molecule has 27 heavy (non-hydrogen) atoms. The lowest BCUT2D eigenvalue weighted by Gasteiger charge is -2.33. The van der Waals surface area contributed by atoms with E-state index in [1.165, 1.54) is 0 Å². The molecule has 1 saturated heterocycles. The fraction of sp³-hybridized carbons (Fsp3) is 0.500. The van der Waals surface area contributed by atoms with Crippen LogP contribution in [0.5, 0.6) is 0 Å². The molecule has 3 heterocycles. The Morgan fingerprint density at radius 3 is 2.63 bits per heavy atom. The van der Waals surface area contributed by atoms with Crippen LogP contribution in [0.3, 0.4) is 0 Å². The van der Waals surface area contributed by atoms with Gasteiger partial charge in [-0.2, -0.15) is 0 Å². The molecule has 3 rings (SSSR count). The topological polar surface area (TPSA) is 118 Å². The van der Waals surface area contributed by atoms with Gasteiger partial charge in [-0.25, -0.2) is 18.4 Å². The van der Waals surface area contributed by atoms with Crippen molar-refractivity contribution in [2.75, 3.05) is 29.6 Å². The lowest BCUT2D eigenvalue weighted by Crippen LogP contribution is -2.39. The monoisotopic (exact) mass is 411 g/mol. The molecule has 146 valence electrons. The molecule has 0 atom stereocenters. The van der Waals surface area contributed by atoms with Gasteiger partial charge in [0.05, 0.1) is 4.92 Å². The van der Waals surface area contributed by atoms with Crippen LogP contribution in [-0.4, -0.2) is 48.7 Å². The van der Waals surface area contributed by atoms with Crippen molar-refractivity contribution >= 4 is 37.7 Å². The van der Waals surface area contributed by atoms with Crippen LogP contribution in [0.15, 0.2) is 22.7 Å². The lowest BCUT2D eigenvalue weighted by molar-refractivity contribution is -0.383. The third-order valence-corrected chi connectivity index (χ3v) is 7.33. The summed E-state index contributed by atoms with van der Waals surface area (Å²) in [7, 11) is -3.48. The Hall–Kier alpha value is -2.27. The Kier molecular flexibility index (Phi) is 5.61. The van der Waals surface area contributed by atoms with Crippen molar-refractivity contribution in [2.45, 2.75) is 36.4 Å². The van der Waals surface area contributed by atoms with E-state index in [2.05, 4.69) is 20.2 Å². The molecule has 1 aliphatic rings. The molecular formula is C16H21N5O4S2. The number of hydrogen-bond acceptors (Lipinski definition) is 9. The zero-order valence-electron chi connectivity index (χ0n) is 15.1. The van der Waals surface area contributed by atoms with Crippen molar-refractivity contribution in [3.8, 4) is 0 Å². The molecule has 0 bridgehead atoms. The standard InChI is InChI=1S/C16H21N5O4S2/c1-3-11-8-14(18-10-17-11)20-6-4-12(5-7-20)19-16-13(21(22)23)9-15(26-16)27(2,24)25/h8-10,12,19H,3-7H2,1-2H3. The third-order valence-electron chi connectivity index (χ3n) is 4.48. The second-order valence-electron chi connectivity index (χ2n) is 6.44. The minimum absolute atomic E-state index is 0.00205. The summed E-state index contributed by atoms with van der Waals surface area (Å²) in [5.41, 5.74) is 0.800. The Morgan fingerprint density at radius 1 is 1.33 bits per heavy atom. The molecule has 0 saturated carbocycles. The highest BCUT2D eigenvalue weighted by atomic mass is 32.2. The molecule has 9 nitrogen and oxygen atoms in total. The molecule has 2 aromatic rings. The van der Waals surface area contributed by atoms with Crippen LogP contribution in [0, 0.1) is 10.1 Å². The zero-order chi connectivity index (χ0) is 19.6. The molecule has 0 aromatic carbocycles. The van der Waals surface area contributed by atoms with Crippen LogP contribution in [0.1, 0.15) is 25.5 Å². The third kappa shape index (κ3) is 4.53.